The number of amides is 1. The van der Waals surface area contributed by atoms with Crippen LogP contribution in [0, 0.1) is 0 Å². The van der Waals surface area contributed by atoms with E-state index in [9.17, 15) is 4.79 Å². The maximum absolute atomic E-state index is 13.1. The van der Waals surface area contributed by atoms with Gasteiger partial charge in [0.15, 0.2) is 0 Å². The summed E-state index contributed by atoms with van der Waals surface area (Å²) < 4.78 is 0. The van der Waals surface area contributed by atoms with Crippen molar-refractivity contribution in [1.82, 2.24) is 15.3 Å². The molecule has 5 rings (SSSR count). The van der Waals surface area contributed by atoms with Crippen molar-refractivity contribution < 1.29 is 4.79 Å². The minimum Gasteiger partial charge on any atom is -0.366 e. The van der Waals surface area contributed by atoms with Gasteiger partial charge >= 0.3 is 0 Å². The fourth-order valence-electron chi connectivity index (χ4n) is 4.28. The molecule has 3 heterocycles. The van der Waals surface area contributed by atoms with E-state index in [0.717, 1.165) is 18.8 Å². The zero-order valence-corrected chi connectivity index (χ0v) is 20.4. The quantitative estimate of drug-likeness (QED) is 0.479. The summed E-state index contributed by atoms with van der Waals surface area (Å²) in [5, 5.41) is 10.7. The van der Waals surface area contributed by atoms with Crippen LogP contribution in [0.5, 0.6) is 0 Å². The van der Waals surface area contributed by atoms with Crippen LogP contribution in [0.4, 0.5) is 28.8 Å². The van der Waals surface area contributed by atoms with E-state index in [1.807, 2.05) is 12.1 Å². The summed E-state index contributed by atoms with van der Waals surface area (Å²) in [4.78, 5) is 25.8. The normalized spacial score (nSPS) is 20.1. The number of para-hydroxylation sites is 1. The van der Waals surface area contributed by atoms with Crippen molar-refractivity contribution in [2.45, 2.75) is 25.9 Å². The van der Waals surface area contributed by atoms with Crippen LogP contribution in [-0.2, 0) is 0 Å². The molecule has 1 fully saturated rings. The average Bonchev–Trinajstić information content (AvgIpc) is 2.82. The molecule has 34 heavy (non-hydrogen) atoms. The topological polar surface area (TPSA) is 85.4 Å². The van der Waals surface area contributed by atoms with Gasteiger partial charge < -0.3 is 20.9 Å². The summed E-state index contributed by atoms with van der Waals surface area (Å²) in [6.07, 6.45) is 1.51. The Morgan fingerprint density at radius 2 is 1.82 bits per heavy atom. The van der Waals surface area contributed by atoms with Crippen LogP contribution in [0.3, 0.4) is 0 Å². The van der Waals surface area contributed by atoms with Gasteiger partial charge in [0.2, 0.25) is 5.95 Å². The average molecular weight is 498 g/mol. The molecule has 2 aliphatic heterocycles. The number of fused-ring (bicyclic) bond motifs is 1. The van der Waals surface area contributed by atoms with Crippen molar-refractivity contribution in [3.63, 3.8) is 0 Å². The molecule has 3 aromatic rings. The molecule has 0 bridgehead atoms. The standard InChI is InChI=1S/C24H25Cl2N7O/c1-14-12-32(15(2)10-27-14)17-8-6-16(7-9-17)30-24-28-11-18-22(31-24)29-13-33(23(18)34)21-19(25)4-3-5-20(21)26/h3-9,11,14-15,27H,10,12-13H2,1-2H3,(H2,28,29,30,31)/t14-,15+/m0/s1. The van der Waals surface area contributed by atoms with Crippen LogP contribution in [0.1, 0.15) is 24.2 Å². The summed E-state index contributed by atoms with van der Waals surface area (Å²) >= 11 is 12.6. The van der Waals surface area contributed by atoms with E-state index in [1.165, 1.54) is 16.8 Å². The summed E-state index contributed by atoms with van der Waals surface area (Å²) in [5.41, 5.74) is 2.86. The largest absolute Gasteiger partial charge is 0.366 e. The first-order chi connectivity index (χ1) is 16.4. The highest BCUT2D eigenvalue weighted by Gasteiger charge is 2.30. The molecule has 2 aliphatic rings. The lowest BCUT2D eigenvalue weighted by Crippen LogP contribution is -2.54. The molecule has 176 valence electrons. The van der Waals surface area contributed by atoms with Crippen LogP contribution < -0.4 is 25.8 Å². The third kappa shape index (κ3) is 4.36. The summed E-state index contributed by atoms with van der Waals surface area (Å²) in [5.74, 6) is 0.599. The van der Waals surface area contributed by atoms with Crippen molar-refractivity contribution in [2.24, 2.45) is 0 Å². The van der Waals surface area contributed by atoms with Crippen LogP contribution >= 0.6 is 23.2 Å². The predicted molar refractivity (Wildman–Crippen MR) is 138 cm³/mol. The first-order valence-electron chi connectivity index (χ1n) is 11.1. The molecule has 0 spiro atoms. The second-order valence-corrected chi connectivity index (χ2v) is 9.39. The highest BCUT2D eigenvalue weighted by molar-refractivity contribution is 6.40. The Balaban J connectivity index is 1.32. The van der Waals surface area contributed by atoms with Crippen molar-refractivity contribution in [2.75, 3.05) is 40.2 Å². The summed E-state index contributed by atoms with van der Waals surface area (Å²) in [6, 6.07) is 14.2. The minimum absolute atomic E-state index is 0.196. The molecule has 1 saturated heterocycles. The molecule has 0 saturated carbocycles. The number of anilines is 5. The van der Waals surface area contributed by atoms with Gasteiger partial charge in [-0.1, -0.05) is 29.3 Å². The van der Waals surface area contributed by atoms with E-state index >= 15 is 0 Å². The zero-order valence-electron chi connectivity index (χ0n) is 18.8. The first-order valence-corrected chi connectivity index (χ1v) is 11.9. The smallest absolute Gasteiger partial charge is 0.265 e. The lowest BCUT2D eigenvalue weighted by atomic mass is 10.1. The maximum atomic E-state index is 13.1. The Labute approximate surface area is 208 Å². The predicted octanol–water partition coefficient (Wildman–Crippen LogP) is 4.74. The van der Waals surface area contributed by atoms with E-state index in [2.05, 4.69) is 56.8 Å². The van der Waals surface area contributed by atoms with Crippen molar-refractivity contribution >= 4 is 57.9 Å². The number of carbonyl (C=O) groups is 1. The fourth-order valence-corrected chi connectivity index (χ4v) is 4.88. The SMILES string of the molecule is C[C@@H]1CN[C@@H](C)CN1c1ccc(Nc2ncc3c(n2)NCN(c2c(Cl)cccc2Cl)C3=O)cc1. The fraction of sp³-hybridized carbons (Fsp3) is 0.292. The number of benzene rings is 2. The Bertz CT molecular complexity index is 1200. The third-order valence-electron chi connectivity index (χ3n) is 6.10. The molecule has 0 aliphatic carbocycles. The Hall–Kier alpha value is -3.07. The molecule has 2 atom stereocenters. The number of rotatable bonds is 4. The van der Waals surface area contributed by atoms with Crippen molar-refractivity contribution in [3.05, 3.63) is 64.3 Å². The minimum atomic E-state index is -0.265. The van der Waals surface area contributed by atoms with Gasteiger partial charge in [-0.15, -0.1) is 0 Å². The third-order valence-corrected chi connectivity index (χ3v) is 6.71. The van der Waals surface area contributed by atoms with Gasteiger partial charge in [-0.05, 0) is 50.2 Å². The molecular weight excluding hydrogens is 473 g/mol. The zero-order chi connectivity index (χ0) is 23.8. The number of carbonyl (C=O) groups excluding carboxylic acids is 1. The van der Waals surface area contributed by atoms with Gasteiger partial charge in [0.25, 0.3) is 5.91 Å². The van der Waals surface area contributed by atoms with Gasteiger partial charge in [0, 0.05) is 42.7 Å². The van der Waals surface area contributed by atoms with Crippen LogP contribution in [-0.4, -0.2) is 47.7 Å². The number of aromatic nitrogens is 2. The van der Waals surface area contributed by atoms with E-state index < -0.39 is 0 Å². The molecule has 0 unspecified atom stereocenters. The van der Waals surface area contributed by atoms with Crippen molar-refractivity contribution in [3.8, 4) is 0 Å². The van der Waals surface area contributed by atoms with E-state index in [1.54, 1.807) is 18.2 Å². The number of hydrogen-bond acceptors (Lipinski definition) is 7. The molecule has 0 radical (unpaired) electrons. The second kappa shape index (κ2) is 9.29. The molecule has 2 aromatic carbocycles. The van der Waals surface area contributed by atoms with Gasteiger partial charge in [0.05, 0.1) is 22.4 Å². The lowest BCUT2D eigenvalue weighted by molar-refractivity contribution is 0.0985. The summed E-state index contributed by atoms with van der Waals surface area (Å²) in [7, 11) is 0. The lowest BCUT2D eigenvalue weighted by Gasteiger charge is -2.39. The van der Waals surface area contributed by atoms with Gasteiger partial charge in [-0.25, -0.2) is 4.98 Å². The van der Waals surface area contributed by atoms with Crippen LogP contribution in [0.15, 0.2) is 48.7 Å². The van der Waals surface area contributed by atoms with Crippen molar-refractivity contribution in [1.29, 1.82) is 0 Å². The highest BCUT2D eigenvalue weighted by Crippen LogP contribution is 2.36. The summed E-state index contributed by atoms with van der Waals surface area (Å²) in [6.45, 7) is 6.56. The molecule has 3 N–H and O–H groups in total. The van der Waals surface area contributed by atoms with Crippen LogP contribution in [0.2, 0.25) is 10.0 Å². The Morgan fingerprint density at radius 3 is 2.56 bits per heavy atom. The molecular formula is C24H25Cl2N7O. The highest BCUT2D eigenvalue weighted by atomic mass is 35.5. The van der Waals surface area contributed by atoms with Gasteiger partial charge in [-0.2, -0.15) is 4.98 Å². The number of halogens is 2. The number of piperazine rings is 1. The Morgan fingerprint density at radius 1 is 1.09 bits per heavy atom. The molecule has 1 amide bonds. The molecule has 1 aromatic heterocycles. The van der Waals surface area contributed by atoms with Crippen LogP contribution in [0.25, 0.3) is 0 Å². The second-order valence-electron chi connectivity index (χ2n) is 8.58. The monoisotopic (exact) mass is 497 g/mol. The first kappa shape index (κ1) is 22.7. The van der Waals surface area contributed by atoms with E-state index in [-0.39, 0.29) is 12.6 Å². The molecule has 10 heteroatoms. The van der Waals surface area contributed by atoms with Gasteiger partial charge in [-0.3, -0.25) is 9.69 Å². The number of nitrogens with one attached hydrogen (secondary N) is 3. The molecule has 8 nitrogen and oxygen atoms in total. The Kier molecular flexibility index (Phi) is 6.20. The van der Waals surface area contributed by atoms with E-state index in [0.29, 0.717) is 45.1 Å². The van der Waals surface area contributed by atoms with E-state index in [4.69, 9.17) is 23.2 Å². The maximum Gasteiger partial charge on any atom is 0.265 e. The number of hydrogen-bond donors (Lipinski definition) is 3. The number of nitrogens with zero attached hydrogens (tertiary/aromatic N) is 4. The van der Waals surface area contributed by atoms with Gasteiger partial charge in [0.1, 0.15) is 11.4 Å².